The SMILES string of the molecule is Cc1ccc(Cl)c(S(=O)(=O)NC2CC3CCC(C2)N3)c1.Cl. The van der Waals surface area contributed by atoms with Gasteiger partial charge in [-0.3, -0.25) is 0 Å². The lowest BCUT2D eigenvalue weighted by molar-refractivity contribution is 0.345. The summed E-state index contributed by atoms with van der Waals surface area (Å²) in [6.45, 7) is 1.86. The van der Waals surface area contributed by atoms with Crippen LogP contribution in [0.4, 0.5) is 0 Å². The lowest BCUT2D eigenvalue weighted by Gasteiger charge is -2.29. The van der Waals surface area contributed by atoms with Crippen molar-refractivity contribution in [2.24, 2.45) is 0 Å². The van der Waals surface area contributed by atoms with E-state index in [1.807, 2.05) is 13.0 Å². The third kappa shape index (κ3) is 3.71. The molecule has 2 aliphatic rings. The fourth-order valence-electron chi connectivity index (χ4n) is 3.25. The van der Waals surface area contributed by atoms with Crippen LogP contribution in [0.2, 0.25) is 5.02 Å². The highest BCUT2D eigenvalue weighted by atomic mass is 35.5. The van der Waals surface area contributed by atoms with Crippen molar-refractivity contribution in [1.29, 1.82) is 0 Å². The first-order valence-electron chi connectivity index (χ1n) is 6.98. The van der Waals surface area contributed by atoms with Gasteiger partial charge in [0.2, 0.25) is 10.0 Å². The number of aryl methyl sites for hydroxylation is 1. The minimum atomic E-state index is -3.54. The molecule has 0 saturated carbocycles. The standard InChI is InChI=1S/C14H19ClN2O2S.ClH/c1-9-2-5-13(15)14(6-9)20(18,19)17-12-7-10-3-4-11(8-12)16-10;/h2,5-6,10-12,16-17H,3-4,7-8H2,1H3;1H. The van der Waals surface area contributed by atoms with Crippen molar-refractivity contribution in [3.05, 3.63) is 28.8 Å². The van der Waals surface area contributed by atoms with Gasteiger partial charge in [-0.2, -0.15) is 0 Å². The lowest BCUT2D eigenvalue weighted by Crippen LogP contribution is -2.47. The van der Waals surface area contributed by atoms with Crippen LogP contribution in [0.3, 0.4) is 0 Å². The highest BCUT2D eigenvalue weighted by Gasteiger charge is 2.35. The second-order valence-electron chi connectivity index (χ2n) is 5.86. The minimum absolute atomic E-state index is 0. The fraction of sp³-hybridized carbons (Fsp3) is 0.571. The van der Waals surface area contributed by atoms with Gasteiger partial charge in [0.15, 0.2) is 0 Å². The molecule has 2 atom stereocenters. The van der Waals surface area contributed by atoms with Gasteiger partial charge in [-0.15, -0.1) is 12.4 Å². The van der Waals surface area contributed by atoms with Gasteiger partial charge in [-0.1, -0.05) is 17.7 Å². The number of fused-ring (bicyclic) bond motifs is 2. The smallest absolute Gasteiger partial charge is 0.242 e. The Hall–Kier alpha value is -0.330. The van der Waals surface area contributed by atoms with Gasteiger partial charge in [0, 0.05) is 18.1 Å². The average Bonchev–Trinajstić information content (AvgIpc) is 2.71. The molecule has 0 radical (unpaired) electrons. The fourth-order valence-corrected chi connectivity index (χ4v) is 5.10. The number of piperidine rings is 1. The molecule has 7 heteroatoms. The van der Waals surface area contributed by atoms with Crippen LogP contribution < -0.4 is 10.0 Å². The molecule has 2 bridgehead atoms. The number of hydrogen-bond acceptors (Lipinski definition) is 3. The summed E-state index contributed by atoms with van der Waals surface area (Å²) < 4.78 is 27.8. The monoisotopic (exact) mass is 350 g/mol. The molecular formula is C14H20Cl2N2O2S. The number of halogens is 2. The Kier molecular flexibility index (Phi) is 5.21. The van der Waals surface area contributed by atoms with Crippen LogP contribution in [0.15, 0.2) is 23.1 Å². The predicted molar refractivity (Wildman–Crippen MR) is 86.7 cm³/mol. The summed E-state index contributed by atoms with van der Waals surface area (Å²) in [5.74, 6) is 0. The Labute approximate surface area is 137 Å². The van der Waals surface area contributed by atoms with Crippen molar-refractivity contribution >= 4 is 34.0 Å². The van der Waals surface area contributed by atoms with E-state index in [1.54, 1.807) is 12.1 Å². The zero-order chi connectivity index (χ0) is 14.3. The molecule has 0 spiro atoms. The van der Waals surface area contributed by atoms with E-state index in [4.69, 9.17) is 11.6 Å². The lowest BCUT2D eigenvalue weighted by atomic mass is 10.0. The van der Waals surface area contributed by atoms with Gasteiger partial charge in [-0.05, 0) is 50.3 Å². The van der Waals surface area contributed by atoms with Gasteiger partial charge in [0.1, 0.15) is 4.90 Å². The Morgan fingerprint density at radius 3 is 2.48 bits per heavy atom. The molecule has 4 nitrogen and oxygen atoms in total. The van der Waals surface area contributed by atoms with Crippen molar-refractivity contribution in [1.82, 2.24) is 10.0 Å². The van der Waals surface area contributed by atoms with Crippen LogP contribution in [-0.4, -0.2) is 26.5 Å². The first-order chi connectivity index (χ1) is 9.44. The van der Waals surface area contributed by atoms with Gasteiger partial charge in [-0.25, -0.2) is 13.1 Å². The van der Waals surface area contributed by atoms with Crippen LogP contribution in [0, 0.1) is 6.92 Å². The van der Waals surface area contributed by atoms with E-state index < -0.39 is 10.0 Å². The van der Waals surface area contributed by atoms with E-state index in [2.05, 4.69) is 10.0 Å². The van der Waals surface area contributed by atoms with Gasteiger partial charge in [0.05, 0.1) is 5.02 Å². The van der Waals surface area contributed by atoms with Crippen molar-refractivity contribution in [2.45, 2.75) is 55.6 Å². The van der Waals surface area contributed by atoms with Crippen LogP contribution in [-0.2, 0) is 10.0 Å². The Balaban J connectivity index is 0.00000161. The van der Waals surface area contributed by atoms with Crippen LogP contribution in [0.5, 0.6) is 0 Å². The normalized spacial score (nSPS) is 28.2. The summed E-state index contributed by atoms with van der Waals surface area (Å²) in [4.78, 5) is 0.185. The molecule has 0 aliphatic carbocycles. The van der Waals surface area contributed by atoms with Crippen molar-refractivity contribution in [3.63, 3.8) is 0 Å². The van der Waals surface area contributed by atoms with Crippen LogP contribution in [0.25, 0.3) is 0 Å². The maximum atomic E-state index is 12.5. The zero-order valence-corrected chi connectivity index (χ0v) is 14.2. The second-order valence-corrected chi connectivity index (χ2v) is 7.95. The Morgan fingerprint density at radius 1 is 1.24 bits per heavy atom. The molecule has 2 unspecified atom stereocenters. The number of sulfonamides is 1. The molecule has 3 rings (SSSR count). The van der Waals surface area contributed by atoms with Gasteiger partial charge < -0.3 is 5.32 Å². The maximum absolute atomic E-state index is 12.5. The van der Waals surface area contributed by atoms with E-state index in [-0.39, 0.29) is 28.4 Å². The average molecular weight is 351 g/mol. The molecule has 1 aromatic rings. The first-order valence-corrected chi connectivity index (χ1v) is 8.85. The van der Waals surface area contributed by atoms with E-state index in [9.17, 15) is 8.42 Å². The molecule has 21 heavy (non-hydrogen) atoms. The Morgan fingerprint density at radius 2 is 1.86 bits per heavy atom. The van der Waals surface area contributed by atoms with Gasteiger partial charge in [0.25, 0.3) is 0 Å². The molecular weight excluding hydrogens is 331 g/mol. The summed E-state index contributed by atoms with van der Waals surface area (Å²) in [6.07, 6.45) is 4.01. The highest BCUT2D eigenvalue weighted by molar-refractivity contribution is 7.89. The van der Waals surface area contributed by atoms with E-state index >= 15 is 0 Å². The molecule has 0 aromatic heterocycles. The summed E-state index contributed by atoms with van der Waals surface area (Å²) in [5, 5.41) is 3.78. The maximum Gasteiger partial charge on any atom is 0.242 e. The predicted octanol–water partition coefficient (Wildman–Crippen LogP) is 2.63. The largest absolute Gasteiger partial charge is 0.311 e. The molecule has 118 valence electrons. The third-order valence-electron chi connectivity index (χ3n) is 4.17. The summed E-state index contributed by atoms with van der Waals surface area (Å²) in [7, 11) is -3.54. The number of hydrogen-bond donors (Lipinski definition) is 2. The third-order valence-corrected chi connectivity index (χ3v) is 6.17. The molecule has 2 N–H and O–H groups in total. The summed E-state index contributed by atoms with van der Waals surface area (Å²) in [6, 6.07) is 5.99. The van der Waals surface area contributed by atoms with Crippen molar-refractivity contribution < 1.29 is 8.42 Å². The van der Waals surface area contributed by atoms with E-state index in [0.717, 1.165) is 31.2 Å². The quantitative estimate of drug-likeness (QED) is 0.880. The van der Waals surface area contributed by atoms with Crippen molar-refractivity contribution in [2.75, 3.05) is 0 Å². The minimum Gasteiger partial charge on any atom is -0.311 e. The molecule has 2 saturated heterocycles. The Bertz CT molecular complexity index is 609. The first kappa shape index (κ1) is 17.0. The van der Waals surface area contributed by atoms with Crippen LogP contribution >= 0.6 is 24.0 Å². The van der Waals surface area contributed by atoms with Crippen molar-refractivity contribution in [3.8, 4) is 0 Å². The summed E-state index contributed by atoms with van der Waals surface area (Å²) in [5.41, 5.74) is 0.889. The number of nitrogens with one attached hydrogen (secondary N) is 2. The topological polar surface area (TPSA) is 58.2 Å². The molecule has 0 amide bonds. The van der Waals surface area contributed by atoms with Gasteiger partial charge >= 0.3 is 0 Å². The van der Waals surface area contributed by atoms with E-state index in [1.165, 1.54) is 0 Å². The summed E-state index contributed by atoms with van der Waals surface area (Å²) >= 11 is 6.04. The zero-order valence-electron chi connectivity index (χ0n) is 11.8. The molecule has 2 heterocycles. The number of benzene rings is 1. The molecule has 2 aliphatic heterocycles. The number of rotatable bonds is 3. The van der Waals surface area contributed by atoms with E-state index in [0.29, 0.717) is 12.1 Å². The second kappa shape index (κ2) is 6.42. The van der Waals surface area contributed by atoms with Crippen LogP contribution in [0.1, 0.15) is 31.2 Å². The molecule has 2 fully saturated rings. The molecule has 1 aromatic carbocycles. The highest BCUT2D eigenvalue weighted by Crippen LogP contribution is 2.29.